The van der Waals surface area contributed by atoms with Crippen LogP contribution in [-0.2, 0) is 0 Å². The summed E-state index contributed by atoms with van der Waals surface area (Å²) in [6, 6.07) is 12.6. The predicted octanol–water partition coefficient (Wildman–Crippen LogP) is 4.30. The molecule has 0 radical (unpaired) electrons. The predicted molar refractivity (Wildman–Crippen MR) is 81.8 cm³/mol. The molecule has 0 atom stereocenters. The van der Waals surface area contributed by atoms with Gasteiger partial charge in [0.2, 0.25) is 0 Å². The molecular weight excluding hydrogens is 274 g/mol. The number of hydrogen-bond donors (Lipinski definition) is 1. The van der Waals surface area contributed by atoms with Gasteiger partial charge < -0.3 is 10.1 Å². The van der Waals surface area contributed by atoms with Crippen molar-refractivity contribution in [3.63, 3.8) is 0 Å². The van der Waals surface area contributed by atoms with Crippen molar-refractivity contribution < 1.29 is 9.53 Å². The van der Waals surface area contributed by atoms with E-state index in [0.29, 0.717) is 22.9 Å². The number of nitrogens with one attached hydrogen (secondary N) is 1. The molecule has 2 aromatic rings. The summed E-state index contributed by atoms with van der Waals surface area (Å²) in [7, 11) is 0. The Balaban J connectivity index is 2.13. The van der Waals surface area contributed by atoms with Crippen LogP contribution in [0.5, 0.6) is 5.75 Å². The van der Waals surface area contributed by atoms with Crippen LogP contribution in [0.25, 0.3) is 0 Å². The molecule has 1 N–H and O–H groups in total. The van der Waals surface area contributed by atoms with Gasteiger partial charge in [0.15, 0.2) is 0 Å². The molecule has 20 heavy (non-hydrogen) atoms. The van der Waals surface area contributed by atoms with Crippen LogP contribution >= 0.6 is 11.6 Å². The lowest BCUT2D eigenvalue weighted by Crippen LogP contribution is -2.11. The van der Waals surface area contributed by atoms with Crippen LogP contribution in [0, 0.1) is 6.92 Å². The van der Waals surface area contributed by atoms with Gasteiger partial charge in [-0.05, 0) is 44.2 Å². The Hall–Kier alpha value is -2.00. The van der Waals surface area contributed by atoms with Crippen molar-refractivity contribution in [3.05, 3.63) is 58.6 Å². The summed E-state index contributed by atoms with van der Waals surface area (Å²) in [4.78, 5) is 12.1. The monoisotopic (exact) mass is 289 g/mol. The van der Waals surface area contributed by atoms with Crippen molar-refractivity contribution in [2.45, 2.75) is 13.8 Å². The second kappa shape index (κ2) is 6.44. The van der Waals surface area contributed by atoms with Crippen LogP contribution in [0.3, 0.4) is 0 Å². The van der Waals surface area contributed by atoms with E-state index in [9.17, 15) is 4.79 Å². The Morgan fingerprint density at radius 3 is 2.50 bits per heavy atom. The number of ether oxygens (including phenoxy) is 1. The molecule has 0 heterocycles. The average molecular weight is 290 g/mol. The van der Waals surface area contributed by atoms with E-state index in [1.807, 2.05) is 38.1 Å². The van der Waals surface area contributed by atoms with E-state index in [-0.39, 0.29) is 5.91 Å². The van der Waals surface area contributed by atoms with E-state index < -0.39 is 0 Å². The van der Waals surface area contributed by atoms with Crippen molar-refractivity contribution in [1.29, 1.82) is 0 Å². The molecule has 2 aromatic carbocycles. The van der Waals surface area contributed by atoms with Crippen molar-refractivity contribution in [1.82, 2.24) is 0 Å². The quantitative estimate of drug-likeness (QED) is 0.911. The maximum absolute atomic E-state index is 12.1. The van der Waals surface area contributed by atoms with Crippen molar-refractivity contribution in [2.75, 3.05) is 11.9 Å². The first kappa shape index (κ1) is 14.4. The average Bonchev–Trinajstić information content (AvgIpc) is 2.44. The third-order valence-electron chi connectivity index (χ3n) is 2.80. The number of aryl methyl sites for hydroxylation is 1. The molecule has 0 unspecified atom stereocenters. The second-order valence-electron chi connectivity index (χ2n) is 4.40. The molecule has 1 amide bonds. The highest BCUT2D eigenvalue weighted by Crippen LogP contribution is 2.25. The van der Waals surface area contributed by atoms with Crippen LogP contribution < -0.4 is 10.1 Å². The fourth-order valence-corrected chi connectivity index (χ4v) is 1.99. The zero-order valence-electron chi connectivity index (χ0n) is 11.4. The minimum Gasteiger partial charge on any atom is -0.492 e. The Kier molecular flexibility index (Phi) is 4.64. The fraction of sp³-hybridized carbons (Fsp3) is 0.188. The number of halogens is 1. The Morgan fingerprint density at radius 1 is 1.20 bits per heavy atom. The zero-order chi connectivity index (χ0) is 14.5. The molecule has 104 valence electrons. The minimum atomic E-state index is -0.196. The number of rotatable bonds is 4. The van der Waals surface area contributed by atoms with Crippen LogP contribution in [0.4, 0.5) is 5.69 Å². The van der Waals surface area contributed by atoms with Gasteiger partial charge in [-0.3, -0.25) is 4.79 Å². The number of carbonyl (C=O) groups is 1. The van der Waals surface area contributed by atoms with Gasteiger partial charge in [0.1, 0.15) is 5.75 Å². The molecule has 0 aliphatic heterocycles. The van der Waals surface area contributed by atoms with Crippen LogP contribution in [0.15, 0.2) is 42.5 Å². The number of amides is 1. The summed E-state index contributed by atoms with van der Waals surface area (Å²) in [6.45, 7) is 4.42. The maximum Gasteiger partial charge on any atom is 0.255 e. The molecule has 0 saturated heterocycles. The summed E-state index contributed by atoms with van der Waals surface area (Å²) >= 11 is 6.07. The van der Waals surface area contributed by atoms with E-state index >= 15 is 0 Å². The van der Waals surface area contributed by atoms with Gasteiger partial charge in [-0.2, -0.15) is 0 Å². The van der Waals surface area contributed by atoms with Gasteiger partial charge in [0.25, 0.3) is 5.91 Å². The summed E-state index contributed by atoms with van der Waals surface area (Å²) < 4.78 is 5.34. The molecule has 2 rings (SSSR count). The molecule has 0 aliphatic carbocycles. The van der Waals surface area contributed by atoms with Gasteiger partial charge in [-0.1, -0.05) is 29.3 Å². The molecule has 4 heteroatoms. The Morgan fingerprint density at radius 2 is 1.90 bits per heavy atom. The third kappa shape index (κ3) is 3.52. The molecule has 0 aromatic heterocycles. The fourth-order valence-electron chi connectivity index (χ4n) is 1.75. The smallest absolute Gasteiger partial charge is 0.255 e. The number of hydrogen-bond acceptors (Lipinski definition) is 2. The summed E-state index contributed by atoms with van der Waals surface area (Å²) in [5.74, 6) is 0.389. The van der Waals surface area contributed by atoms with Gasteiger partial charge >= 0.3 is 0 Å². The zero-order valence-corrected chi connectivity index (χ0v) is 12.2. The topological polar surface area (TPSA) is 38.3 Å². The van der Waals surface area contributed by atoms with E-state index in [0.717, 1.165) is 11.3 Å². The minimum absolute atomic E-state index is 0.196. The van der Waals surface area contributed by atoms with E-state index in [4.69, 9.17) is 16.3 Å². The number of anilines is 1. The molecule has 0 bridgehead atoms. The van der Waals surface area contributed by atoms with Crippen LogP contribution in [0.1, 0.15) is 22.8 Å². The Labute approximate surface area is 123 Å². The largest absolute Gasteiger partial charge is 0.492 e. The van der Waals surface area contributed by atoms with Crippen molar-refractivity contribution in [2.24, 2.45) is 0 Å². The third-order valence-corrected chi connectivity index (χ3v) is 3.10. The summed E-state index contributed by atoms with van der Waals surface area (Å²) in [5.41, 5.74) is 2.40. The van der Waals surface area contributed by atoms with Crippen LogP contribution in [0.2, 0.25) is 5.02 Å². The van der Waals surface area contributed by atoms with Crippen molar-refractivity contribution >= 4 is 23.2 Å². The second-order valence-corrected chi connectivity index (χ2v) is 4.81. The first-order valence-corrected chi connectivity index (χ1v) is 6.78. The highest BCUT2D eigenvalue weighted by Gasteiger charge is 2.09. The van der Waals surface area contributed by atoms with Crippen LogP contribution in [-0.4, -0.2) is 12.5 Å². The van der Waals surface area contributed by atoms with E-state index in [1.54, 1.807) is 18.2 Å². The molecule has 0 spiro atoms. The van der Waals surface area contributed by atoms with Gasteiger partial charge in [0.05, 0.1) is 11.6 Å². The molecular formula is C16H16ClNO2. The van der Waals surface area contributed by atoms with E-state index in [2.05, 4.69) is 5.32 Å². The van der Waals surface area contributed by atoms with Gasteiger partial charge in [0, 0.05) is 11.3 Å². The lowest BCUT2D eigenvalue weighted by atomic mass is 10.2. The first-order valence-electron chi connectivity index (χ1n) is 6.40. The summed E-state index contributed by atoms with van der Waals surface area (Å²) in [6.07, 6.45) is 0. The Bertz CT molecular complexity index is 608. The molecule has 0 fully saturated rings. The first-order chi connectivity index (χ1) is 9.60. The highest BCUT2D eigenvalue weighted by molar-refractivity contribution is 6.32. The van der Waals surface area contributed by atoms with Crippen molar-refractivity contribution in [3.8, 4) is 5.75 Å². The normalized spacial score (nSPS) is 10.2. The lowest BCUT2D eigenvalue weighted by Gasteiger charge is -2.09. The number of benzene rings is 2. The molecule has 3 nitrogen and oxygen atoms in total. The maximum atomic E-state index is 12.1. The lowest BCUT2D eigenvalue weighted by molar-refractivity contribution is 0.102. The summed E-state index contributed by atoms with van der Waals surface area (Å²) in [5, 5.41) is 3.26. The number of carbonyl (C=O) groups excluding carboxylic acids is 1. The molecule has 0 aliphatic rings. The van der Waals surface area contributed by atoms with Gasteiger partial charge in [-0.15, -0.1) is 0 Å². The SMILES string of the molecule is CCOc1ccc(C(=O)Nc2ccc(C)cc2)cc1Cl. The standard InChI is InChI=1S/C16H16ClNO2/c1-3-20-15-9-6-12(10-14(15)17)16(19)18-13-7-4-11(2)5-8-13/h4-10H,3H2,1-2H3,(H,18,19). The highest BCUT2D eigenvalue weighted by atomic mass is 35.5. The van der Waals surface area contributed by atoms with E-state index in [1.165, 1.54) is 0 Å². The molecule has 0 saturated carbocycles. The van der Waals surface area contributed by atoms with Gasteiger partial charge in [-0.25, -0.2) is 0 Å².